The lowest BCUT2D eigenvalue weighted by molar-refractivity contribution is -0.385. The number of nitrogens with one attached hydrogen (secondary N) is 1. The molecular weight excluding hydrogens is 478 g/mol. The van der Waals surface area contributed by atoms with Crippen LogP contribution < -0.4 is 5.32 Å². The maximum atomic E-state index is 13.9. The highest BCUT2D eigenvalue weighted by Gasteiger charge is 2.32. The monoisotopic (exact) mass is 513 g/mol. The second-order valence-electron chi connectivity index (χ2n) is 10.1. The molecule has 0 bridgehead atoms. The highest BCUT2D eigenvalue weighted by atomic mass is 16.6. The third-order valence-electron chi connectivity index (χ3n) is 7.23. The number of hydrogen-bond acceptors (Lipinski definition) is 4. The molecule has 0 aliphatic heterocycles. The maximum Gasteiger partial charge on any atom is 0.273 e. The number of benzene rings is 3. The van der Waals surface area contributed by atoms with Gasteiger partial charge in [-0.25, -0.2) is 0 Å². The van der Waals surface area contributed by atoms with E-state index in [-0.39, 0.29) is 36.5 Å². The largest absolute Gasteiger partial charge is 0.352 e. The topological polar surface area (TPSA) is 92.6 Å². The van der Waals surface area contributed by atoms with Crippen molar-refractivity contribution in [1.82, 2.24) is 10.2 Å². The van der Waals surface area contributed by atoms with E-state index in [1.165, 1.54) is 12.5 Å². The molecule has 2 amide bonds. The number of hydrogen-bond donors (Lipinski definition) is 1. The van der Waals surface area contributed by atoms with Gasteiger partial charge in [0.05, 0.1) is 11.3 Å². The van der Waals surface area contributed by atoms with E-state index in [2.05, 4.69) is 5.32 Å². The molecule has 0 saturated heterocycles. The molecule has 1 fully saturated rings. The first-order valence-corrected chi connectivity index (χ1v) is 13.3. The summed E-state index contributed by atoms with van der Waals surface area (Å²) in [6.45, 7) is 2.23. The molecule has 0 unspecified atom stereocenters. The molecule has 0 heterocycles. The molecule has 7 nitrogen and oxygen atoms in total. The van der Waals surface area contributed by atoms with Gasteiger partial charge in [0.15, 0.2) is 0 Å². The number of aryl methyl sites for hydroxylation is 1. The van der Waals surface area contributed by atoms with Crippen molar-refractivity contribution >= 4 is 17.5 Å². The number of carbonyl (C=O) groups excluding carboxylic acids is 2. The van der Waals surface area contributed by atoms with Gasteiger partial charge < -0.3 is 10.2 Å². The van der Waals surface area contributed by atoms with Crippen molar-refractivity contribution in [3.8, 4) is 0 Å². The Bertz CT molecular complexity index is 1240. The summed E-state index contributed by atoms with van der Waals surface area (Å²) in [5.74, 6) is -0.497. The molecule has 198 valence electrons. The van der Waals surface area contributed by atoms with Gasteiger partial charge >= 0.3 is 0 Å². The first kappa shape index (κ1) is 27.0. The van der Waals surface area contributed by atoms with Crippen LogP contribution in [0, 0.1) is 17.0 Å². The fraction of sp³-hybridized carbons (Fsp3) is 0.355. The van der Waals surface area contributed by atoms with Crippen molar-refractivity contribution in [1.29, 1.82) is 0 Å². The van der Waals surface area contributed by atoms with Crippen LogP contribution in [0.1, 0.15) is 54.4 Å². The quantitative estimate of drug-likeness (QED) is 0.285. The first-order chi connectivity index (χ1) is 18.4. The smallest absolute Gasteiger partial charge is 0.273 e. The summed E-state index contributed by atoms with van der Waals surface area (Å²) in [7, 11) is 0. The Kier molecular flexibility index (Phi) is 9.25. The Hall–Kier alpha value is -4.00. The van der Waals surface area contributed by atoms with E-state index in [1.54, 1.807) is 23.1 Å². The van der Waals surface area contributed by atoms with E-state index in [4.69, 9.17) is 0 Å². The lowest BCUT2D eigenvalue weighted by Gasteiger charge is -2.33. The van der Waals surface area contributed by atoms with Crippen LogP contribution in [0.3, 0.4) is 0 Å². The van der Waals surface area contributed by atoms with Crippen molar-refractivity contribution in [2.75, 3.05) is 0 Å². The van der Waals surface area contributed by atoms with E-state index in [9.17, 15) is 19.7 Å². The SMILES string of the molecule is Cc1ccc(CN(C(=O)Cc2ccccc2[N+](=O)[O-])[C@H](Cc2ccccc2)C(=O)NC2CCCCC2)cc1. The molecule has 1 aliphatic carbocycles. The third kappa shape index (κ3) is 7.28. The summed E-state index contributed by atoms with van der Waals surface area (Å²) in [6.07, 6.45) is 5.40. The molecule has 3 aromatic carbocycles. The van der Waals surface area contributed by atoms with Gasteiger partial charge in [-0.15, -0.1) is 0 Å². The molecule has 0 spiro atoms. The van der Waals surface area contributed by atoms with Gasteiger partial charge in [0.25, 0.3) is 5.69 Å². The molecule has 1 aliphatic rings. The van der Waals surface area contributed by atoms with Gasteiger partial charge in [-0.3, -0.25) is 19.7 Å². The van der Waals surface area contributed by atoms with Crippen LogP contribution in [0.4, 0.5) is 5.69 Å². The average molecular weight is 514 g/mol. The Labute approximate surface area is 224 Å². The van der Waals surface area contributed by atoms with Crippen LogP contribution in [-0.4, -0.2) is 33.7 Å². The van der Waals surface area contributed by atoms with Crippen molar-refractivity contribution in [3.63, 3.8) is 0 Å². The molecule has 1 saturated carbocycles. The molecule has 1 atom stereocenters. The molecule has 0 aromatic heterocycles. The van der Waals surface area contributed by atoms with Gasteiger partial charge in [-0.1, -0.05) is 97.6 Å². The summed E-state index contributed by atoms with van der Waals surface area (Å²) in [4.78, 5) is 40.5. The molecule has 0 radical (unpaired) electrons. The van der Waals surface area contributed by atoms with Crippen molar-refractivity contribution in [2.45, 2.75) is 70.5 Å². The van der Waals surface area contributed by atoms with Gasteiger partial charge in [0, 0.05) is 30.6 Å². The first-order valence-electron chi connectivity index (χ1n) is 13.3. The maximum absolute atomic E-state index is 13.9. The van der Waals surface area contributed by atoms with Gasteiger partial charge in [0.1, 0.15) is 6.04 Å². The number of amides is 2. The lowest BCUT2D eigenvalue weighted by Crippen LogP contribution is -2.53. The van der Waals surface area contributed by atoms with Crippen molar-refractivity contribution < 1.29 is 14.5 Å². The predicted octanol–water partition coefficient (Wildman–Crippen LogP) is 5.53. The zero-order valence-electron chi connectivity index (χ0n) is 21.8. The van der Waals surface area contributed by atoms with Gasteiger partial charge in [-0.05, 0) is 30.9 Å². The standard InChI is InChI=1S/C31H35N3O4/c1-23-16-18-25(19-17-23)22-33(30(35)21-26-12-8-9-15-28(26)34(37)38)29(20-24-10-4-2-5-11-24)31(36)32-27-13-6-3-7-14-27/h2,4-5,8-12,15-19,27,29H,3,6-7,13-14,20-22H2,1H3,(H,32,36)/t29-/m1/s1. The molecule has 3 aromatic rings. The normalized spacial score (nSPS) is 14.4. The van der Waals surface area contributed by atoms with Crippen molar-refractivity contribution in [2.24, 2.45) is 0 Å². The van der Waals surface area contributed by atoms with E-state index >= 15 is 0 Å². The minimum absolute atomic E-state index is 0.0950. The summed E-state index contributed by atoms with van der Waals surface area (Å²) in [5, 5.41) is 14.8. The number of nitro groups is 1. The predicted molar refractivity (Wildman–Crippen MR) is 147 cm³/mol. The lowest BCUT2D eigenvalue weighted by atomic mass is 9.94. The van der Waals surface area contributed by atoms with Gasteiger partial charge in [0.2, 0.25) is 11.8 Å². The van der Waals surface area contributed by atoms with Crippen LogP contribution in [0.2, 0.25) is 0 Å². The summed E-state index contributed by atoms with van der Waals surface area (Å²) < 4.78 is 0. The summed E-state index contributed by atoms with van der Waals surface area (Å²) >= 11 is 0. The van der Waals surface area contributed by atoms with Crippen LogP contribution in [0.5, 0.6) is 0 Å². The molecule has 38 heavy (non-hydrogen) atoms. The number of para-hydroxylation sites is 1. The van der Waals surface area contributed by atoms with E-state index in [0.29, 0.717) is 12.0 Å². The minimum Gasteiger partial charge on any atom is -0.352 e. The minimum atomic E-state index is -0.754. The molecule has 7 heteroatoms. The fourth-order valence-electron chi connectivity index (χ4n) is 5.09. The second-order valence-corrected chi connectivity index (χ2v) is 10.1. The molecule has 1 N–H and O–H groups in total. The van der Waals surface area contributed by atoms with Crippen molar-refractivity contribution in [3.05, 3.63) is 111 Å². The number of nitrogens with zero attached hydrogens (tertiary/aromatic N) is 2. The zero-order valence-corrected chi connectivity index (χ0v) is 21.8. The third-order valence-corrected chi connectivity index (χ3v) is 7.23. The number of carbonyl (C=O) groups is 2. The zero-order chi connectivity index (χ0) is 26.9. The highest BCUT2D eigenvalue weighted by molar-refractivity contribution is 5.89. The summed E-state index contributed by atoms with van der Waals surface area (Å²) in [5.41, 5.74) is 3.19. The van der Waals surface area contributed by atoms with Crippen LogP contribution in [0.15, 0.2) is 78.9 Å². The van der Waals surface area contributed by atoms with Crippen LogP contribution in [0.25, 0.3) is 0 Å². The molecule has 4 rings (SSSR count). The summed E-state index contributed by atoms with van der Waals surface area (Å²) in [6, 6.07) is 23.2. The second kappa shape index (κ2) is 13.0. The fourth-order valence-corrected chi connectivity index (χ4v) is 5.09. The highest BCUT2D eigenvalue weighted by Crippen LogP contribution is 2.23. The van der Waals surface area contributed by atoms with E-state index in [0.717, 1.165) is 42.4 Å². The van der Waals surface area contributed by atoms with Gasteiger partial charge in [-0.2, -0.15) is 0 Å². The van der Waals surface area contributed by atoms with E-state index in [1.807, 2.05) is 61.5 Å². The Morgan fingerprint density at radius 2 is 1.58 bits per heavy atom. The number of rotatable bonds is 10. The van der Waals surface area contributed by atoms with Crippen LogP contribution in [-0.2, 0) is 29.0 Å². The number of nitro benzene ring substituents is 1. The van der Waals surface area contributed by atoms with Crippen LogP contribution >= 0.6 is 0 Å². The average Bonchev–Trinajstić information content (AvgIpc) is 2.93. The molecular formula is C31H35N3O4. The Morgan fingerprint density at radius 3 is 2.26 bits per heavy atom. The van der Waals surface area contributed by atoms with E-state index < -0.39 is 11.0 Å². The Balaban J connectivity index is 1.68. The Morgan fingerprint density at radius 1 is 0.921 bits per heavy atom.